The molecule has 0 aliphatic heterocycles. The molecule has 4 rings (SSSR count). The first-order chi connectivity index (χ1) is 15.0. The van der Waals surface area contributed by atoms with Gasteiger partial charge in [0.25, 0.3) is 11.5 Å². The van der Waals surface area contributed by atoms with Crippen molar-refractivity contribution in [2.75, 3.05) is 12.0 Å². The Bertz CT molecular complexity index is 1320. The minimum atomic E-state index is -0.228. The quantitative estimate of drug-likeness (QED) is 0.502. The van der Waals surface area contributed by atoms with Gasteiger partial charge in [-0.05, 0) is 66.8 Å². The number of nitrogens with zero attached hydrogens (tertiary/aromatic N) is 1. The van der Waals surface area contributed by atoms with E-state index in [0.29, 0.717) is 16.9 Å². The van der Waals surface area contributed by atoms with Crippen molar-refractivity contribution in [1.82, 2.24) is 4.98 Å². The number of hydrogen-bond donors (Lipinski definition) is 1. The van der Waals surface area contributed by atoms with Crippen LogP contribution in [0.2, 0.25) is 0 Å². The van der Waals surface area contributed by atoms with E-state index >= 15 is 0 Å². The summed E-state index contributed by atoms with van der Waals surface area (Å²) in [5, 5.41) is 0.918. The fourth-order valence-electron chi connectivity index (χ4n) is 3.62. The molecule has 0 atom stereocenters. The third kappa shape index (κ3) is 4.08. The minimum absolute atomic E-state index is 0.138. The van der Waals surface area contributed by atoms with Gasteiger partial charge in [0.15, 0.2) is 0 Å². The second-order valence-corrected chi connectivity index (χ2v) is 7.57. The third-order valence-corrected chi connectivity index (χ3v) is 5.54. The number of methoxy groups -OCH3 is 1. The molecule has 0 aliphatic rings. The lowest BCUT2D eigenvalue weighted by Crippen LogP contribution is -2.33. The number of fused-ring (bicyclic) bond motifs is 1. The highest BCUT2D eigenvalue weighted by Gasteiger charge is 2.23. The van der Waals surface area contributed by atoms with Crippen molar-refractivity contribution in [3.05, 3.63) is 105 Å². The number of ether oxygens (including phenoxy) is 1. The molecular weight excluding hydrogens is 388 g/mol. The van der Waals surface area contributed by atoms with Crippen LogP contribution in [0.5, 0.6) is 5.75 Å². The van der Waals surface area contributed by atoms with Crippen LogP contribution in [-0.4, -0.2) is 18.0 Å². The molecule has 0 fully saturated rings. The number of aryl methyl sites for hydroxylation is 2. The number of para-hydroxylation sites is 2. The maximum Gasteiger partial charge on any atom is 0.262 e. The second-order valence-electron chi connectivity index (χ2n) is 7.57. The zero-order valence-electron chi connectivity index (χ0n) is 17.8. The number of hydrogen-bond acceptors (Lipinski definition) is 3. The maximum atomic E-state index is 13.6. The number of carbonyl (C=O) groups is 1. The molecule has 156 valence electrons. The van der Waals surface area contributed by atoms with E-state index in [4.69, 9.17) is 4.74 Å². The van der Waals surface area contributed by atoms with Gasteiger partial charge < -0.3 is 14.6 Å². The molecule has 5 nitrogen and oxygen atoms in total. The predicted octanol–water partition coefficient (Wildman–Crippen LogP) is 5.00. The number of anilines is 1. The van der Waals surface area contributed by atoms with Crippen molar-refractivity contribution in [2.45, 2.75) is 20.4 Å². The van der Waals surface area contributed by atoms with E-state index in [0.717, 1.165) is 27.7 Å². The number of amides is 1. The molecule has 0 bridgehead atoms. The lowest BCUT2D eigenvalue weighted by molar-refractivity contribution is 0.0982. The second kappa shape index (κ2) is 8.48. The molecule has 1 aromatic heterocycles. The molecule has 31 heavy (non-hydrogen) atoms. The summed E-state index contributed by atoms with van der Waals surface area (Å²) in [6.07, 6.45) is 0. The SMILES string of the molecule is COc1ccccc1C(=O)N(Cc1cc2ccccc2[nH]c1=O)c1ccc(C)c(C)c1. The summed E-state index contributed by atoms with van der Waals surface area (Å²) in [6, 6.07) is 22.4. The van der Waals surface area contributed by atoms with E-state index in [1.807, 2.05) is 68.4 Å². The van der Waals surface area contributed by atoms with E-state index in [-0.39, 0.29) is 18.0 Å². The Kier molecular flexibility index (Phi) is 5.58. The van der Waals surface area contributed by atoms with Crippen molar-refractivity contribution < 1.29 is 9.53 Å². The molecule has 5 heteroatoms. The molecule has 0 aliphatic carbocycles. The topological polar surface area (TPSA) is 62.4 Å². The lowest BCUT2D eigenvalue weighted by Gasteiger charge is -2.24. The van der Waals surface area contributed by atoms with E-state index < -0.39 is 0 Å². The molecule has 0 saturated heterocycles. The minimum Gasteiger partial charge on any atom is -0.496 e. The van der Waals surface area contributed by atoms with Crippen LogP contribution in [-0.2, 0) is 6.54 Å². The Morgan fingerprint density at radius 1 is 0.935 bits per heavy atom. The summed E-state index contributed by atoms with van der Waals surface area (Å²) in [4.78, 5) is 31.0. The average Bonchev–Trinajstić information content (AvgIpc) is 2.79. The molecule has 0 spiro atoms. The highest BCUT2D eigenvalue weighted by molar-refractivity contribution is 6.08. The summed E-state index contributed by atoms with van der Waals surface area (Å²) >= 11 is 0. The highest BCUT2D eigenvalue weighted by Crippen LogP contribution is 2.26. The van der Waals surface area contributed by atoms with Crippen molar-refractivity contribution in [3.63, 3.8) is 0 Å². The summed E-state index contributed by atoms with van der Waals surface area (Å²) in [7, 11) is 1.54. The first-order valence-electron chi connectivity index (χ1n) is 10.1. The molecule has 3 aromatic carbocycles. The number of rotatable bonds is 5. The van der Waals surface area contributed by atoms with E-state index in [1.54, 1.807) is 30.2 Å². The van der Waals surface area contributed by atoms with Gasteiger partial charge in [0.2, 0.25) is 0 Å². The van der Waals surface area contributed by atoms with Crippen LogP contribution in [0.25, 0.3) is 10.9 Å². The highest BCUT2D eigenvalue weighted by atomic mass is 16.5. The van der Waals surface area contributed by atoms with Gasteiger partial charge in [-0.25, -0.2) is 0 Å². The van der Waals surface area contributed by atoms with Crippen LogP contribution >= 0.6 is 0 Å². The van der Waals surface area contributed by atoms with Gasteiger partial charge in [-0.3, -0.25) is 9.59 Å². The smallest absolute Gasteiger partial charge is 0.262 e. The number of pyridine rings is 1. The first kappa shape index (κ1) is 20.4. The predicted molar refractivity (Wildman–Crippen MR) is 124 cm³/mol. The summed E-state index contributed by atoms with van der Waals surface area (Å²) in [5.41, 5.74) is 4.46. The molecule has 1 N–H and O–H groups in total. The van der Waals surface area contributed by atoms with Gasteiger partial charge in [0, 0.05) is 16.8 Å². The number of aromatic nitrogens is 1. The number of H-pyrrole nitrogens is 1. The molecule has 1 heterocycles. The van der Waals surface area contributed by atoms with Crippen molar-refractivity contribution in [1.29, 1.82) is 0 Å². The van der Waals surface area contributed by atoms with Crippen molar-refractivity contribution in [3.8, 4) is 5.75 Å². The van der Waals surface area contributed by atoms with Gasteiger partial charge in [0.1, 0.15) is 5.75 Å². The lowest BCUT2D eigenvalue weighted by atomic mass is 10.1. The van der Waals surface area contributed by atoms with E-state index in [1.165, 1.54) is 0 Å². The molecule has 1 amide bonds. The fraction of sp³-hybridized carbons (Fsp3) is 0.154. The zero-order chi connectivity index (χ0) is 22.0. The number of nitrogens with one attached hydrogen (secondary N) is 1. The van der Waals surface area contributed by atoms with Crippen LogP contribution in [0.3, 0.4) is 0 Å². The Morgan fingerprint density at radius 3 is 2.45 bits per heavy atom. The molecular formula is C26H24N2O3. The fourth-order valence-corrected chi connectivity index (χ4v) is 3.62. The molecule has 0 saturated carbocycles. The summed E-state index contributed by atoms with van der Waals surface area (Å²) < 4.78 is 5.41. The van der Waals surface area contributed by atoms with Crippen LogP contribution in [0.4, 0.5) is 5.69 Å². The Labute approximate surface area is 180 Å². The number of carbonyl (C=O) groups excluding carboxylic acids is 1. The third-order valence-electron chi connectivity index (χ3n) is 5.54. The Balaban J connectivity index is 1.83. The standard InChI is InChI=1S/C26H24N2O3/c1-17-12-13-21(14-18(17)2)28(26(30)22-9-5-7-11-24(22)31-3)16-20-15-19-8-4-6-10-23(19)27-25(20)29/h4-15H,16H2,1-3H3,(H,27,29). The van der Waals surface area contributed by atoms with E-state index in [2.05, 4.69) is 4.98 Å². The van der Waals surface area contributed by atoms with Crippen molar-refractivity contribution in [2.24, 2.45) is 0 Å². The maximum absolute atomic E-state index is 13.6. The Hall–Kier alpha value is -3.86. The van der Waals surface area contributed by atoms with Crippen LogP contribution < -0.4 is 15.2 Å². The van der Waals surface area contributed by atoms with Crippen LogP contribution in [0.15, 0.2) is 77.6 Å². The molecule has 0 radical (unpaired) electrons. The van der Waals surface area contributed by atoms with Crippen LogP contribution in [0, 0.1) is 13.8 Å². The number of aromatic amines is 1. The average molecular weight is 412 g/mol. The summed E-state index contributed by atoms with van der Waals surface area (Å²) in [6.45, 7) is 4.17. The normalized spacial score (nSPS) is 10.8. The van der Waals surface area contributed by atoms with Gasteiger partial charge in [-0.15, -0.1) is 0 Å². The molecule has 4 aromatic rings. The summed E-state index contributed by atoms with van der Waals surface area (Å²) in [5.74, 6) is 0.266. The number of benzene rings is 3. The van der Waals surface area contributed by atoms with Gasteiger partial charge in [0.05, 0.1) is 19.2 Å². The zero-order valence-corrected chi connectivity index (χ0v) is 17.8. The molecule has 0 unspecified atom stereocenters. The van der Waals surface area contributed by atoms with Crippen molar-refractivity contribution >= 4 is 22.5 Å². The first-order valence-corrected chi connectivity index (χ1v) is 10.1. The largest absolute Gasteiger partial charge is 0.496 e. The van der Waals surface area contributed by atoms with E-state index in [9.17, 15) is 9.59 Å². The van der Waals surface area contributed by atoms with Crippen LogP contribution in [0.1, 0.15) is 27.0 Å². The van der Waals surface area contributed by atoms with Gasteiger partial charge >= 0.3 is 0 Å². The van der Waals surface area contributed by atoms with Gasteiger partial charge in [-0.1, -0.05) is 36.4 Å². The Morgan fingerprint density at radius 2 is 1.68 bits per heavy atom. The monoisotopic (exact) mass is 412 g/mol. The van der Waals surface area contributed by atoms with Gasteiger partial charge in [-0.2, -0.15) is 0 Å².